The van der Waals surface area contributed by atoms with Crippen LogP contribution in [-0.4, -0.2) is 23.9 Å². The first-order chi connectivity index (χ1) is 9.73. The van der Waals surface area contributed by atoms with Crippen LogP contribution in [0.25, 0.3) is 0 Å². The van der Waals surface area contributed by atoms with Gasteiger partial charge in [-0.05, 0) is 51.5 Å². The van der Waals surface area contributed by atoms with Crippen LogP contribution in [0.4, 0.5) is 5.69 Å². The Morgan fingerprint density at radius 3 is 2.43 bits per heavy atom. The molecule has 0 unspecified atom stereocenters. The molecule has 6 heteroatoms. The van der Waals surface area contributed by atoms with E-state index in [1.165, 1.54) is 0 Å². The number of hydrogen-bond acceptors (Lipinski definition) is 4. The molecule has 0 aromatic heterocycles. The molecule has 0 aliphatic heterocycles. The summed E-state index contributed by atoms with van der Waals surface area (Å²) in [4.78, 5) is 23.6. The minimum atomic E-state index is -0.261. The van der Waals surface area contributed by atoms with E-state index >= 15 is 0 Å². The van der Waals surface area contributed by atoms with Crippen LogP contribution < -0.4 is 21.9 Å². The van der Waals surface area contributed by atoms with Gasteiger partial charge in [-0.2, -0.15) is 0 Å². The Labute approximate surface area is 125 Å². The molecular weight excluding hydrogens is 268 g/mol. The quantitative estimate of drug-likeness (QED) is 0.486. The summed E-state index contributed by atoms with van der Waals surface area (Å²) in [5.74, 6) is 5.06. The van der Waals surface area contributed by atoms with Crippen LogP contribution in [-0.2, 0) is 4.79 Å². The number of hydrogen-bond donors (Lipinski definition) is 4. The third kappa shape index (κ3) is 5.83. The van der Waals surface area contributed by atoms with Crippen LogP contribution in [0.15, 0.2) is 18.2 Å². The van der Waals surface area contributed by atoms with Crippen molar-refractivity contribution in [3.05, 3.63) is 29.3 Å². The third-order valence-corrected chi connectivity index (χ3v) is 2.80. The summed E-state index contributed by atoms with van der Waals surface area (Å²) in [6.45, 7) is 7.91. The van der Waals surface area contributed by atoms with Crippen molar-refractivity contribution in [2.24, 2.45) is 5.84 Å². The molecule has 0 bridgehead atoms. The van der Waals surface area contributed by atoms with Gasteiger partial charge in [0, 0.05) is 24.1 Å². The number of nitrogens with two attached hydrogens (primary N) is 1. The number of carbonyl (C=O) groups excluding carboxylic acids is 2. The number of anilines is 1. The van der Waals surface area contributed by atoms with E-state index < -0.39 is 0 Å². The summed E-state index contributed by atoms with van der Waals surface area (Å²) in [5, 5.41) is 5.57. The topological polar surface area (TPSA) is 96.2 Å². The number of hydrazine groups is 1. The molecule has 116 valence electrons. The van der Waals surface area contributed by atoms with Crippen LogP contribution in [0.3, 0.4) is 0 Å². The maximum Gasteiger partial charge on any atom is 0.251 e. The lowest BCUT2D eigenvalue weighted by atomic mass is 10.1. The minimum absolute atomic E-state index is 0.0818. The first-order valence-electron chi connectivity index (χ1n) is 6.89. The van der Waals surface area contributed by atoms with Crippen molar-refractivity contribution in [1.29, 1.82) is 0 Å². The highest BCUT2D eigenvalue weighted by atomic mass is 16.2. The van der Waals surface area contributed by atoms with Gasteiger partial charge in [-0.3, -0.25) is 15.4 Å². The summed E-state index contributed by atoms with van der Waals surface area (Å²) in [6.07, 6.45) is 0.254. The fourth-order valence-corrected chi connectivity index (χ4v) is 1.84. The monoisotopic (exact) mass is 292 g/mol. The Bertz CT molecular complexity index is 521. The Hall–Kier alpha value is -2.08. The molecule has 0 radical (unpaired) electrons. The van der Waals surface area contributed by atoms with Gasteiger partial charge >= 0.3 is 0 Å². The van der Waals surface area contributed by atoms with E-state index in [1.807, 2.05) is 27.7 Å². The van der Waals surface area contributed by atoms with Crippen molar-refractivity contribution < 1.29 is 9.59 Å². The Morgan fingerprint density at radius 1 is 1.24 bits per heavy atom. The number of carbonyl (C=O) groups is 2. The van der Waals surface area contributed by atoms with Gasteiger partial charge in [-0.15, -0.1) is 0 Å². The minimum Gasteiger partial charge on any atom is -0.352 e. The van der Waals surface area contributed by atoms with Gasteiger partial charge in [-0.25, -0.2) is 0 Å². The van der Waals surface area contributed by atoms with Crippen molar-refractivity contribution in [3.8, 4) is 0 Å². The highest BCUT2D eigenvalue weighted by Crippen LogP contribution is 2.15. The molecule has 0 heterocycles. The molecule has 0 aliphatic rings. The summed E-state index contributed by atoms with van der Waals surface area (Å²) in [6, 6.07) is 5.18. The fraction of sp³-hybridized carbons (Fsp3) is 0.467. The molecule has 5 N–H and O–H groups in total. The molecule has 0 spiro atoms. The second kappa shape index (κ2) is 7.08. The standard InChI is InChI=1S/C15H24N4O2/c1-10-9-11(5-6-12(10)19-16)14(21)17-8-7-13(20)18-15(2,3)4/h5-6,9,19H,7-8,16H2,1-4H3,(H,17,21)(H,18,20). The largest absolute Gasteiger partial charge is 0.352 e. The first kappa shape index (κ1) is 17.0. The van der Waals surface area contributed by atoms with Crippen LogP contribution in [0.5, 0.6) is 0 Å². The van der Waals surface area contributed by atoms with Gasteiger partial charge in [0.25, 0.3) is 5.91 Å². The zero-order chi connectivity index (χ0) is 16.0. The van der Waals surface area contributed by atoms with Crippen LogP contribution in [0, 0.1) is 6.92 Å². The van der Waals surface area contributed by atoms with E-state index in [2.05, 4.69) is 16.1 Å². The lowest BCUT2D eigenvalue weighted by Crippen LogP contribution is -2.42. The number of aryl methyl sites for hydroxylation is 1. The number of benzene rings is 1. The maximum absolute atomic E-state index is 12.0. The average Bonchev–Trinajstić information content (AvgIpc) is 2.36. The van der Waals surface area contributed by atoms with E-state index in [1.54, 1.807) is 18.2 Å². The molecule has 0 atom stereocenters. The van der Waals surface area contributed by atoms with E-state index in [-0.39, 0.29) is 23.8 Å². The van der Waals surface area contributed by atoms with Crippen molar-refractivity contribution in [3.63, 3.8) is 0 Å². The van der Waals surface area contributed by atoms with Crippen molar-refractivity contribution in [2.45, 2.75) is 39.7 Å². The molecule has 1 aromatic rings. The van der Waals surface area contributed by atoms with Gasteiger partial charge in [0.15, 0.2) is 0 Å². The van der Waals surface area contributed by atoms with E-state index in [0.717, 1.165) is 11.3 Å². The Kier molecular flexibility index (Phi) is 5.72. The van der Waals surface area contributed by atoms with Gasteiger partial charge in [-0.1, -0.05) is 0 Å². The van der Waals surface area contributed by atoms with Crippen molar-refractivity contribution in [2.75, 3.05) is 12.0 Å². The smallest absolute Gasteiger partial charge is 0.251 e. The highest BCUT2D eigenvalue weighted by Gasteiger charge is 2.14. The molecule has 2 amide bonds. The van der Waals surface area contributed by atoms with Crippen molar-refractivity contribution >= 4 is 17.5 Å². The predicted molar refractivity (Wildman–Crippen MR) is 83.8 cm³/mol. The number of rotatable bonds is 5. The van der Waals surface area contributed by atoms with Crippen LogP contribution in [0.2, 0.25) is 0 Å². The van der Waals surface area contributed by atoms with E-state index in [0.29, 0.717) is 12.1 Å². The van der Waals surface area contributed by atoms with Gasteiger partial charge in [0.05, 0.1) is 5.69 Å². The SMILES string of the molecule is Cc1cc(C(=O)NCCC(=O)NC(C)(C)C)ccc1NN. The summed E-state index contributed by atoms with van der Waals surface area (Å²) in [5.41, 5.74) is 4.50. The number of nitrogen functional groups attached to an aromatic ring is 1. The zero-order valence-corrected chi connectivity index (χ0v) is 13.0. The lowest BCUT2D eigenvalue weighted by Gasteiger charge is -2.20. The normalized spacial score (nSPS) is 10.9. The second-order valence-corrected chi connectivity index (χ2v) is 5.98. The zero-order valence-electron chi connectivity index (χ0n) is 13.0. The molecule has 1 aromatic carbocycles. The fourth-order valence-electron chi connectivity index (χ4n) is 1.84. The molecule has 0 saturated carbocycles. The summed E-state index contributed by atoms with van der Waals surface area (Å²) in [7, 11) is 0. The van der Waals surface area contributed by atoms with Crippen LogP contribution in [0.1, 0.15) is 43.1 Å². The highest BCUT2D eigenvalue weighted by molar-refractivity contribution is 5.95. The molecule has 6 nitrogen and oxygen atoms in total. The molecule has 0 aliphatic carbocycles. The van der Waals surface area contributed by atoms with Gasteiger partial charge in [0.1, 0.15) is 0 Å². The predicted octanol–water partition coefficient (Wildman–Crippen LogP) is 1.32. The van der Waals surface area contributed by atoms with E-state index in [9.17, 15) is 9.59 Å². The molecule has 0 fully saturated rings. The number of amides is 2. The second-order valence-electron chi connectivity index (χ2n) is 5.98. The summed E-state index contributed by atoms with van der Waals surface area (Å²) < 4.78 is 0. The first-order valence-corrected chi connectivity index (χ1v) is 6.89. The molecule has 21 heavy (non-hydrogen) atoms. The Morgan fingerprint density at radius 2 is 1.90 bits per heavy atom. The summed E-state index contributed by atoms with van der Waals surface area (Å²) >= 11 is 0. The third-order valence-electron chi connectivity index (χ3n) is 2.80. The average molecular weight is 292 g/mol. The Balaban J connectivity index is 2.47. The van der Waals surface area contributed by atoms with Crippen molar-refractivity contribution in [1.82, 2.24) is 10.6 Å². The van der Waals surface area contributed by atoms with Gasteiger partial charge in [0.2, 0.25) is 5.91 Å². The van der Waals surface area contributed by atoms with Gasteiger partial charge < -0.3 is 16.1 Å². The number of nitrogens with one attached hydrogen (secondary N) is 3. The molecule has 1 rings (SSSR count). The molecule has 0 saturated heterocycles. The van der Waals surface area contributed by atoms with Crippen LogP contribution >= 0.6 is 0 Å². The lowest BCUT2D eigenvalue weighted by molar-refractivity contribution is -0.122. The molecular formula is C15H24N4O2. The maximum atomic E-state index is 12.0. The van der Waals surface area contributed by atoms with E-state index in [4.69, 9.17) is 5.84 Å².